The van der Waals surface area contributed by atoms with Gasteiger partial charge in [-0.25, -0.2) is 0 Å². The van der Waals surface area contributed by atoms with Crippen molar-refractivity contribution in [1.82, 2.24) is 4.90 Å². The van der Waals surface area contributed by atoms with E-state index in [-0.39, 0.29) is 12.0 Å². The second-order valence-electron chi connectivity index (χ2n) is 5.49. The van der Waals surface area contributed by atoms with Crippen molar-refractivity contribution in [2.24, 2.45) is 0 Å². The van der Waals surface area contributed by atoms with Gasteiger partial charge in [-0.1, -0.05) is 18.5 Å². The molecule has 0 aromatic heterocycles. The Balaban J connectivity index is 1.83. The molecule has 1 amide bonds. The van der Waals surface area contributed by atoms with Gasteiger partial charge in [-0.3, -0.25) is 4.79 Å². The van der Waals surface area contributed by atoms with Crippen LogP contribution < -0.4 is 9.47 Å². The maximum Gasteiger partial charge on any atom is 0.254 e. The summed E-state index contributed by atoms with van der Waals surface area (Å²) in [6.45, 7) is 4.98. The Labute approximate surface area is 135 Å². The lowest BCUT2D eigenvalue weighted by Crippen LogP contribution is -2.45. The first-order valence-corrected chi connectivity index (χ1v) is 8.07. The maximum atomic E-state index is 12.7. The third-order valence-corrected chi connectivity index (χ3v) is 4.21. The van der Waals surface area contributed by atoms with E-state index in [9.17, 15) is 4.79 Å². The Morgan fingerprint density at radius 2 is 2.14 bits per heavy atom. The van der Waals surface area contributed by atoms with Crippen molar-refractivity contribution in [3.63, 3.8) is 0 Å². The fraction of sp³-hybridized carbons (Fsp3) is 0.562. The summed E-state index contributed by atoms with van der Waals surface area (Å²) in [5, 5.41) is 0.419. The Kier molecular flexibility index (Phi) is 4.74. The highest BCUT2D eigenvalue weighted by Crippen LogP contribution is 2.38. The van der Waals surface area contributed by atoms with Gasteiger partial charge in [0.1, 0.15) is 0 Å². The lowest BCUT2D eigenvalue weighted by Gasteiger charge is -2.32. The molecule has 1 aromatic carbocycles. The van der Waals surface area contributed by atoms with Crippen molar-refractivity contribution in [2.75, 3.05) is 32.9 Å². The van der Waals surface area contributed by atoms with Gasteiger partial charge in [0.05, 0.1) is 30.9 Å². The summed E-state index contributed by atoms with van der Waals surface area (Å²) in [5.41, 5.74) is 0.533. The van der Waals surface area contributed by atoms with Gasteiger partial charge in [-0.15, -0.1) is 0 Å². The summed E-state index contributed by atoms with van der Waals surface area (Å²) < 4.78 is 16.8. The Hall–Kier alpha value is -1.46. The molecule has 2 heterocycles. The van der Waals surface area contributed by atoms with Crippen LogP contribution in [0.3, 0.4) is 0 Å². The van der Waals surface area contributed by atoms with Crippen LogP contribution in [0.2, 0.25) is 5.02 Å². The first-order chi connectivity index (χ1) is 10.7. The van der Waals surface area contributed by atoms with E-state index in [0.717, 1.165) is 12.8 Å². The highest BCUT2D eigenvalue weighted by atomic mass is 35.5. The molecule has 120 valence electrons. The van der Waals surface area contributed by atoms with Gasteiger partial charge in [0.25, 0.3) is 5.91 Å². The molecule has 0 bridgehead atoms. The van der Waals surface area contributed by atoms with Crippen molar-refractivity contribution in [3.8, 4) is 11.5 Å². The molecule has 1 saturated heterocycles. The fourth-order valence-corrected chi connectivity index (χ4v) is 2.95. The van der Waals surface area contributed by atoms with Crippen molar-refractivity contribution in [1.29, 1.82) is 0 Å². The number of amides is 1. The molecule has 0 aliphatic carbocycles. The van der Waals surface area contributed by atoms with Crippen LogP contribution in [0, 0.1) is 0 Å². The number of rotatable bonds is 2. The molecule has 0 radical (unpaired) electrons. The van der Waals surface area contributed by atoms with Crippen LogP contribution in [0.4, 0.5) is 0 Å². The first kappa shape index (κ1) is 15.4. The SMILES string of the molecule is CC[C@@H]1CN(C(=O)c2cc(Cl)c3c(c2)OCCCO3)CCO1. The molecule has 6 heteroatoms. The summed E-state index contributed by atoms with van der Waals surface area (Å²) in [5.74, 6) is 1.04. The number of morpholine rings is 1. The van der Waals surface area contributed by atoms with Gasteiger partial charge in [0.2, 0.25) is 0 Å². The smallest absolute Gasteiger partial charge is 0.254 e. The lowest BCUT2D eigenvalue weighted by molar-refractivity contribution is -0.0226. The second-order valence-corrected chi connectivity index (χ2v) is 5.90. The van der Waals surface area contributed by atoms with E-state index in [0.29, 0.717) is 55.0 Å². The van der Waals surface area contributed by atoms with E-state index in [1.54, 1.807) is 12.1 Å². The van der Waals surface area contributed by atoms with Gasteiger partial charge in [0, 0.05) is 25.1 Å². The number of fused-ring (bicyclic) bond motifs is 1. The molecular weight excluding hydrogens is 306 g/mol. The minimum absolute atomic E-state index is 0.0423. The predicted molar refractivity (Wildman–Crippen MR) is 83.0 cm³/mol. The highest BCUT2D eigenvalue weighted by Gasteiger charge is 2.26. The van der Waals surface area contributed by atoms with Crippen LogP contribution in [-0.2, 0) is 4.74 Å². The zero-order chi connectivity index (χ0) is 15.5. The van der Waals surface area contributed by atoms with E-state index >= 15 is 0 Å². The normalized spacial score (nSPS) is 21.4. The number of carbonyl (C=O) groups excluding carboxylic acids is 1. The molecule has 0 unspecified atom stereocenters. The fourth-order valence-electron chi connectivity index (χ4n) is 2.69. The van der Waals surface area contributed by atoms with Gasteiger partial charge >= 0.3 is 0 Å². The van der Waals surface area contributed by atoms with Gasteiger partial charge in [0.15, 0.2) is 11.5 Å². The molecule has 0 spiro atoms. The highest BCUT2D eigenvalue weighted by molar-refractivity contribution is 6.32. The zero-order valence-electron chi connectivity index (χ0n) is 12.6. The average molecular weight is 326 g/mol. The number of nitrogens with zero attached hydrogens (tertiary/aromatic N) is 1. The van der Waals surface area contributed by atoms with Crippen LogP contribution >= 0.6 is 11.6 Å². The van der Waals surface area contributed by atoms with Crippen molar-refractivity contribution >= 4 is 17.5 Å². The van der Waals surface area contributed by atoms with E-state index in [4.69, 9.17) is 25.8 Å². The second kappa shape index (κ2) is 6.75. The van der Waals surface area contributed by atoms with Crippen LogP contribution in [0.15, 0.2) is 12.1 Å². The van der Waals surface area contributed by atoms with E-state index < -0.39 is 0 Å². The van der Waals surface area contributed by atoms with E-state index in [1.807, 2.05) is 4.90 Å². The number of benzene rings is 1. The Morgan fingerprint density at radius 1 is 1.32 bits per heavy atom. The Morgan fingerprint density at radius 3 is 2.95 bits per heavy atom. The summed E-state index contributed by atoms with van der Waals surface area (Å²) in [7, 11) is 0. The lowest BCUT2D eigenvalue weighted by atomic mass is 10.1. The molecule has 2 aliphatic heterocycles. The Bertz CT molecular complexity index is 563. The molecule has 1 atom stereocenters. The standard InChI is InChI=1S/C16H20ClNO4/c1-2-12-10-18(4-7-20-12)16(19)11-8-13(17)15-14(9-11)21-5-3-6-22-15/h8-9,12H,2-7,10H2,1H3/t12-/m1/s1. The van der Waals surface area contributed by atoms with Crippen LogP contribution in [0.1, 0.15) is 30.1 Å². The van der Waals surface area contributed by atoms with E-state index in [2.05, 4.69) is 6.92 Å². The summed E-state index contributed by atoms with van der Waals surface area (Å²) in [6, 6.07) is 3.39. The quantitative estimate of drug-likeness (QED) is 0.839. The minimum Gasteiger partial charge on any atom is -0.489 e. The first-order valence-electron chi connectivity index (χ1n) is 7.69. The number of carbonyl (C=O) groups is 1. The largest absolute Gasteiger partial charge is 0.489 e. The molecular formula is C16H20ClNO4. The summed E-state index contributed by atoms with van der Waals surface area (Å²) >= 11 is 6.26. The predicted octanol–water partition coefficient (Wildman–Crippen LogP) is 2.75. The van der Waals surface area contributed by atoms with Crippen molar-refractivity contribution < 1.29 is 19.0 Å². The van der Waals surface area contributed by atoms with Gasteiger partial charge in [-0.2, -0.15) is 0 Å². The maximum absolute atomic E-state index is 12.7. The molecule has 2 aliphatic rings. The minimum atomic E-state index is -0.0423. The number of ether oxygens (including phenoxy) is 3. The summed E-state index contributed by atoms with van der Waals surface area (Å²) in [6.07, 6.45) is 1.80. The van der Waals surface area contributed by atoms with Crippen LogP contribution in [0.25, 0.3) is 0 Å². The number of hydrogen-bond acceptors (Lipinski definition) is 4. The van der Waals surface area contributed by atoms with Gasteiger partial charge in [-0.05, 0) is 18.6 Å². The molecule has 1 aromatic rings. The summed E-state index contributed by atoms with van der Waals surface area (Å²) in [4.78, 5) is 14.5. The number of hydrogen-bond donors (Lipinski definition) is 0. The van der Waals surface area contributed by atoms with E-state index in [1.165, 1.54) is 0 Å². The molecule has 5 nitrogen and oxygen atoms in total. The molecule has 0 N–H and O–H groups in total. The van der Waals surface area contributed by atoms with Crippen LogP contribution in [0.5, 0.6) is 11.5 Å². The molecule has 3 rings (SSSR count). The zero-order valence-corrected chi connectivity index (χ0v) is 13.4. The van der Waals surface area contributed by atoms with Crippen molar-refractivity contribution in [2.45, 2.75) is 25.9 Å². The molecule has 0 saturated carbocycles. The monoisotopic (exact) mass is 325 g/mol. The average Bonchev–Trinajstić information content (AvgIpc) is 2.80. The number of halogens is 1. The van der Waals surface area contributed by atoms with Crippen molar-refractivity contribution in [3.05, 3.63) is 22.7 Å². The molecule has 22 heavy (non-hydrogen) atoms. The topological polar surface area (TPSA) is 48.0 Å². The van der Waals surface area contributed by atoms with Gasteiger partial charge < -0.3 is 19.1 Å². The third kappa shape index (κ3) is 3.15. The molecule has 1 fully saturated rings. The third-order valence-electron chi connectivity index (χ3n) is 3.93. The van der Waals surface area contributed by atoms with Crippen LogP contribution in [-0.4, -0.2) is 49.8 Å².